The quantitative estimate of drug-likeness (QED) is 0.618. The Bertz CT molecular complexity index is 481. The summed E-state index contributed by atoms with van der Waals surface area (Å²) in [7, 11) is 0. The summed E-state index contributed by atoms with van der Waals surface area (Å²) in [6, 6.07) is 12.2. The van der Waals surface area contributed by atoms with Crippen LogP contribution in [0.4, 0.5) is 20.2 Å². The molecule has 1 N–H and O–H groups in total. The molecule has 0 spiro atoms. The van der Waals surface area contributed by atoms with Gasteiger partial charge in [0.05, 0.1) is 0 Å². The fourth-order valence-electron chi connectivity index (χ4n) is 1.88. The molecule has 2 aromatic rings. The largest absolute Gasteiger partial charge is 0.396 e. The number of aliphatic hydroxyl groups is 1. The molecule has 0 bridgehead atoms. The number of halogens is 2. The maximum Gasteiger partial charge on any atom is 0.123 e. The Hall–Kier alpha value is -1.94. The van der Waals surface area contributed by atoms with Crippen molar-refractivity contribution >= 4 is 11.4 Å². The molecule has 0 saturated heterocycles. The maximum atomic E-state index is 12.9. The zero-order chi connectivity index (χ0) is 20.4. The molecule has 148 valence electrons. The van der Waals surface area contributed by atoms with Gasteiger partial charge in [0.1, 0.15) is 11.6 Å². The lowest BCUT2D eigenvalue weighted by atomic mass is 10.2. The van der Waals surface area contributed by atoms with E-state index in [1.165, 1.54) is 30.7 Å². The zero-order valence-electron chi connectivity index (χ0n) is 17.1. The first-order chi connectivity index (χ1) is 12.6. The smallest absolute Gasteiger partial charge is 0.123 e. The van der Waals surface area contributed by atoms with Crippen LogP contribution in [-0.4, -0.2) is 18.3 Å². The summed E-state index contributed by atoms with van der Waals surface area (Å²) in [6.07, 6.45) is 1.83. The van der Waals surface area contributed by atoms with Gasteiger partial charge in [0.2, 0.25) is 0 Å². The van der Waals surface area contributed by atoms with Gasteiger partial charge in [-0.2, -0.15) is 0 Å². The van der Waals surface area contributed by atoms with Crippen LogP contribution in [0.15, 0.2) is 48.5 Å². The van der Waals surface area contributed by atoms with E-state index >= 15 is 0 Å². The van der Waals surface area contributed by atoms with Crippen LogP contribution in [0.3, 0.4) is 0 Å². The zero-order valence-corrected chi connectivity index (χ0v) is 17.1. The highest BCUT2D eigenvalue weighted by Crippen LogP contribution is 2.25. The molecule has 2 aromatic carbocycles. The van der Waals surface area contributed by atoms with E-state index in [-0.39, 0.29) is 18.2 Å². The topological polar surface area (TPSA) is 23.5 Å². The van der Waals surface area contributed by atoms with Crippen LogP contribution >= 0.6 is 0 Å². The van der Waals surface area contributed by atoms with E-state index in [1.54, 1.807) is 24.3 Å². The van der Waals surface area contributed by atoms with E-state index in [4.69, 9.17) is 5.11 Å². The highest BCUT2D eigenvalue weighted by molar-refractivity contribution is 5.62. The summed E-state index contributed by atoms with van der Waals surface area (Å²) in [5, 5.41) is 8.95. The summed E-state index contributed by atoms with van der Waals surface area (Å²) < 4.78 is 25.9. The van der Waals surface area contributed by atoms with Crippen molar-refractivity contribution in [1.82, 2.24) is 0 Å². The first kappa shape index (κ1) is 26.3. The van der Waals surface area contributed by atoms with Gasteiger partial charge in [0, 0.05) is 24.5 Å². The molecular formula is C22H35F2NO. The number of hydrogen-bond acceptors (Lipinski definition) is 2. The van der Waals surface area contributed by atoms with Crippen molar-refractivity contribution in [2.24, 2.45) is 0 Å². The summed E-state index contributed by atoms with van der Waals surface area (Å²) in [4.78, 5) is 1.91. The number of anilines is 2. The molecule has 0 aromatic heterocycles. The summed E-state index contributed by atoms with van der Waals surface area (Å²) in [5.41, 5.74) is 1.61. The Morgan fingerprint density at radius 2 is 1.04 bits per heavy atom. The van der Waals surface area contributed by atoms with Crippen LogP contribution in [-0.2, 0) is 0 Å². The molecule has 4 heteroatoms. The normalized spacial score (nSPS) is 8.81. The number of nitrogens with zero attached hydrogens (tertiary/aromatic N) is 1. The molecule has 0 aliphatic heterocycles. The monoisotopic (exact) mass is 367 g/mol. The second kappa shape index (κ2) is 17.9. The van der Waals surface area contributed by atoms with Crippen LogP contribution in [0.25, 0.3) is 0 Å². The summed E-state index contributed by atoms with van der Waals surface area (Å²) in [5.74, 6) is -0.602. The number of rotatable bonds is 5. The lowest BCUT2D eigenvalue weighted by Gasteiger charge is -2.24. The maximum absolute atomic E-state index is 12.9. The van der Waals surface area contributed by atoms with Crippen molar-refractivity contribution in [2.45, 2.75) is 54.4 Å². The fourth-order valence-corrected chi connectivity index (χ4v) is 1.88. The Kier molecular flexibility index (Phi) is 18.1. The number of hydrogen-bond donors (Lipinski definition) is 1. The van der Waals surface area contributed by atoms with Crippen molar-refractivity contribution in [3.8, 4) is 0 Å². The van der Waals surface area contributed by atoms with E-state index in [0.29, 0.717) is 13.0 Å². The van der Waals surface area contributed by atoms with Crippen LogP contribution < -0.4 is 4.90 Å². The average Bonchev–Trinajstić information content (AvgIpc) is 2.68. The molecule has 2 nitrogen and oxygen atoms in total. The third kappa shape index (κ3) is 10.8. The first-order valence-corrected chi connectivity index (χ1v) is 9.51. The van der Waals surface area contributed by atoms with Crippen molar-refractivity contribution in [2.75, 3.05) is 18.1 Å². The predicted molar refractivity (Wildman–Crippen MR) is 110 cm³/mol. The molecular weight excluding hydrogens is 332 g/mol. The Morgan fingerprint density at radius 3 is 1.31 bits per heavy atom. The standard InChI is InChI=1S/C15H15F2NO.C3H8.2C2H6/c16-12-2-6-14(7-3-12)18(10-1-11-19)15-8-4-13(17)5-9-15;1-3-2;2*1-2/h2-9,19H,1,10-11H2;3H2,1-2H3;2*1-2H3. The van der Waals surface area contributed by atoms with Gasteiger partial charge < -0.3 is 10.0 Å². The molecule has 0 fully saturated rings. The van der Waals surface area contributed by atoms with Crippen molar-refractivity contribution in [3.05, 3.63) is 60.2 Å². The van der Waals surface area contributed by atoms with E-state index in [2.05, 4.69) is 13.8 Å². The SMILES string of the molecule is CC.CC.CCC.OCCCN(c1ccc(F)cc1)c1ccc(F)cc1. The van der Waals surface area contributed by atoms with Crippen LogP contribution in [0.2, 0.25) is 0 Å². The molecule has 0 aliphatic rings. The van der Waals surface area contributed by atoms with Crippen LogP contribution in [0.5, 0.6) is 0 Å². The van der Waals surface area contributed by atoms with Gasteiger partial charge in [-0.25, -0.2) is 8.78 Å². The van der Waals surface area contributed by atoms with Gasteiger partial charge in [0.25, 0.3) is 0 Å². The van der Waals surface area contributed by atoms with Gasteiger partial charge in [0.15, 0.2) is 0 Å². The number of aliphatic hydroxyl groups excluding tert-OH is 1. The van der Waals surface area contributed by atoms with E-state index in [1.807, 2.05) is 32.6 Å². The minimum Gasteiger partial charge on any atom is -0.396 e. The van der Waals surface area contributed by atoms with E-state index in [9.17, 15) is 8.78 Å². The summed E-state index contributed by atoms with van der Waals surface area (Å²) >= 11 is 0. The minimum atomic E-state index is -0.301. The molecule has 0 aliphatic carbocycles. The molecule has 0 radical (unpaired) electrons. The molecule has 0 unspecified atom stereocenters. The Labute approximate surface area is 158 Å². The van der Waals surface area contributed by atoms with E-state index in [0.717, 1.165) is 11.4 Å². The lowest BCUT2D eigenvalue weighted by Crippen LogP contribution is -2.19. The molecule has 2 rings (SSSR count). The summed E-state index contributed by atoms with van der Waals surface area (Å²) in [6.45, 7) is 12.9. The van der Waals surface area contributed by atoms with Crippen LogP contribution in [0, 0.1) is 11.6 Å². The highest BCUT2D eigenvalue weighted by Gasteiger charge is 2.09. The van der Waals surface area contributed by atoms with Gasteiger partial charge in [-0.1, -0.05) is 48.0 Å². The lowest BCUT2D eigenvalue weighted by molar-refractivity contribution is 0.291. The van der Waals surface area contributed by atoms with Crippen molar-refractivity contribution in [3.63, 3.8) is 0 Å². The second-order valence-corrected chi connectivity index (χ2v) is 4.89. The third-order valence-corrected chi connectivity index (χ3v) is 2.82. The van der Waals surface area contributed by atoms with Gasteiger partial charge in [-0.3, -0.25) is 0 Å². The molecule has 0 heterocycles. The molecule has 0 saturated carbocycles. The van der Waals surface area contributed by atoms with Crippen molar-refractivity contribution in [1.29, 1.82) is 0 Å². The molecule has 0 amide bonds. The third-order valence-electron chi connectivity index (χ3n) is 2.82. The van der Waals surface area contributed by atoms with Crippen molar-refractivity contribution < 1.29 is 13.9 Å². The number of benzene rings is 2. The van der Waals surface area contributed by atoms with Crippen LogP contribution in [0.1, 0.15) is 54.4 Å². The average molecular weight is 368 g/mol. The second-order valence-electron chi connectivity index (χ2n) is 4.89. The Balaban J connectivity index is 0. The van der Waals surface area contributed by atoms with Gasteiger partial charge in [-0.05, 0) is 55.0 Å². The van der Waals surface area contributed by atoms with E-state index < -0.39 is 0 Å². The Morgan fingerprint density at radius 1 is 0.731 bits per heavy atom. The highest BCUT2D eigenvalue weighted by atomic mass is 19.1. The first-order valence-electron chi connectivity index (χ1n) is 9.51. The van der Waals surface area contributed by atoms with Gasteiger partial charge >= 0.3 is 0 Å². The fraction of sp³-hybridized carbons (Fsp3) is 0.455. The van der Waals surface area contributed by atoms with Gasteiger partial charge in [-0.15, -0.1) is 0 Å². The predicted octanol–water partition coefficient (Wildman–Crippen LogP) is 6.95. The minimum absolute atomic E-state index is 0.0683. The molecule has 26 heavy (non-hydrogen) atoms. The molecule has 0 atom stereocenters.